The molecule has 1 unspecified atom stereocenters. The molecule has 0 amide bonds. The van der Waals surface area contributed by atoms with Gasteiger partial charge in [0.25, 0.3) is 0 Å². The second-order valence-corrected chi connectivity index (χ2v) is 5.58. The fourth-order valence-electron chi connectivity index (χ4n) is 2.51. The molecule has 18 heavy (non-hydrogen) atoms. The highest BCUT2D eigenvalue weighted by atomic mass is 35.5. The maximum Gasteiger partial charge on any atom is 0.0604 e. The lowest BCUT2D eigenvalue weighted by Gasteiger charge is -2.37. The van der Waals surface area contributed by atoms with Crippen LogP contribution in [0.2, 0.25) is 5.02 Å². The van der Waals surface area contributed by atoms with Gasteiger partial charge in [0.15, 0.2) is 0 Å². The molecule has 1 saturated carbocycles. The largest absolute Gasteiger partial charge is 0.378 e. The number of ether oxygens (including phenoxy) is 1. The van der Waals surface area contributed by atoms with Crippen molar-refractivity contribution in [1.82, 2.24) is 5.32 Å². The lowest BCUT2D eigenvalue weighted by Crippen LogP contribution is -2.49. The quantitative estimate of drug-likeness (QED) is 0.853. The maximum absolute atomic E-state index is 5.88. The molecule has 1 aromatic rings. The fraction of sp³-hybridized carbons (Fsp3) is 0.600. The summed E-state index contributed by atoms with van der Waals surface area (Å²) in [5, 5.41) is 4.46. The maximum atomic E-state index is 5.88. The molecule has 0 spiro atoms. The van der Waals surface area contributed by atoms with Gasteiger partial charge in [-0.25, -0.2) is 0 Å². The van der Waals surface area contributed by atoms with Crippen LogP contribution in [0.4, 0.5) is 0 Å². The molecule has 1 fully saturated rings. The first-order valence-electron chi connectivity index (χ1n) is 6.79. The molecule has 0 aliphatic heterocycles. The Labute approximate surface area is 115 Å². The van der Waals surface area contributed by atoms with Crippen molar-refractivity contribution in [3.63, 3.8) is 0 Å². The molecule has 1 aliphatic rings. The zero-order valence-corrected chi connectivity index (χ0v) is 11.9. The third kappa shape index (κ3) is 3.98. The molecule has 3 heteroatoms. The van der Waals surface area contributed by atoms with Crippen LogP contribution >= 0.6 is 11.6 Å². The summed E-state index contributed by atoms with van der Waals surface area (Å²) in [6, 6.07) is 9.24. The average Bonchev–Trinajstić information content (AvgIpc) is 2.29. The second kappa shape index (κ2) is 6.55. The van der Waals surface area contributed by atoms with E-state index in [1.54, 1.807) is 0 Å². The van der Waals surface area contributed by atoms with E-state index < -0.39 is 0 Å². The van der Waals surface area contributed by atoms with Crippen LogP contribution in [0.1, 0.15) is 32.3 Å². The Morgan fingerprint density at radius 3 is 2.61 bits per heavy atom. The lowest BCUT2D eigenvalue weighted by molar-refractivity contribution is -0.0119. The van der Waals surface area contributed by atoms with Gasteiger partial charge in [-0.2, -0.15) is 0 Å². The van der Waals surface area contributed by atoms with Gasteiger partial charge in [-0.3, -0.25) is 0 Å². The molecular formula is C15H22ClNO. The van der Waals surface area contributed by atoms with Crippen LogP contribution < -0.4 is 5.32 Å². The standard InChI is InChI=1S/C15H22ClNO/c1-3-18-15-9-14(10-15)17-11(2)8-12-4-6-13(16)7-5-12/h4-7,11,14-15,17H,3,8-10H2,1-2H3. The van der Waals surface area contributed by atoms with E-state index >= 15 is 0 Å². The van der Waals surface area contributed by atoms with E-state index in [2.05, 4.69) is 31.3 Å². The minimum Gasteiger partial charge on any atom is -0.378 e. The van der Waals surface area contributed by atoms with Crippen molar-refractivity contribution in [1.29, 1.82) is 0 Å². The Balaban J connectivity index is 1.70. The first-order valence-corrected chi connectivity index (χ1v) is 7.17. The summed E-state index contributed by atoms with van der Waals surface area (Å²) >= 11 is 5.88. The van der Waals surface area contributed by atoms with Crippen LogP contribution in [-0.2, 0) is 11.2 Å². The van der Waals surface area contributed by atoms with Gasteiger partial charge in [0.1, 0.15) is 0 Å². The van der Waals surface area contributed by atoms with E-state index in [0.717, 1.165) is 30.9 Å². The first kappa shape index (κ1) is 13.9. The average molecular weight is 268 g/mol. The number of hydrogen-bond donors (Lipinski definition) is 1. The van der Waals surface area contributed by atoms with Gasteiger partial charge in [0, 0.05) is 23.7 Å². The monoisotopic (exact) mass is 267 g/mol. The van der Waals surface area contributed by atoms with E-state index in [1.807, 2.05) is 12.1 Å². The van der Waals surface area contributed by atoms with Crippen LogP contribution in [-0.4, -0.2) is 24.8 Å². The summed E-state index contributed by atoms with van der Waals surface area (Å²) in [6.45, 7) is 5.13. The summed E-state index contributed by atoms with van der Waals surface area (Å²) in [7, 11) is 0. The molecule has 100 valence electrons. The molecule has 2 rings (SSSR count). The van der Waals surface area contributed by atoms with Crippen molar-refractivity contribution in [2.45, 2.75) is 51.3 Å². The molecule has 0 bridgehead atoms. The van der Waals surface area contributed by atoms with Crippen molar-refractivity contribution in [2.24, 2.45) is 0 Å². The molecule has 1 aliphatic carbocycles. The second-order valence-electron chi connectivity index (χ2n) is 5.14. The Bertz CT molecular complexity index is 359. The molecule has 1 N–H and O–H groups in total. The Morgan fingerprint density at radius 2 is 2.00 bits per heavy atom. The van der Waals surface area contributed by atoms with Crippen molar-refractivity contribution in [3.05, 3.63) is 34.9 Å². The molecule has 0 aromatic heterocycles. The Hall–Kier alpha value is -0.570. The fourth-order valence-corrected chi connectivity index (χ4v) is 2.63. The van der Waals surface area contributed by atoms with Crippen molar-refractivity contribution < 1.29 is 4.74 Å². The molecular weight excluding hydrogens is 246 g/mol. The van der Waals surface area contributed by atoms with Gasteiger partial charge in [-0.15, -0.1) is 0 Å². The molecule has 2 nitrogen and oxygen atoms in total. The Morgan fingerprint density at radius 1 is 1.33 bits per heavy atom. The molecule has 1 aromatic carbocycles. The van der Waals surface area contributed by atoms with E-state index in [4.69, 9.17) is 16.3 Å². The summed E-state index contributed by atoms with van der Waals surface area (Å²) in [5.41, 5.74) is 1.33. The minimum atomic E-state index is 0.482. The van der Waals surface area contributed by atoms with Gasteiger partial charge >= 0.3 is 0 Å². The van der Waals surface area contributed by atoms with Crippen LogP contribution in [0.15, 0.2) is 24.3 Å². The number of benzene rings is 1. The molecule has 1 atom stereocenters. The molecule has 0 radical (unpaired) electrons. The van der Waals surface area contributed by atoms with Crippen LogP contribution in [0.5, 0.6) is 0 Å². The zero-order valence-electron chi connectivity index (χ0n) is 11.2. The smallest absolute Gasteiger partial charge is 0.0604 e. The minimum absolute atomic E-state index is 0.482. The van der Waals surface area contributed by atoms with Crippen LogP contribution in [0.25, 0.3) is 0 Å². The third-order valence-corrected chi connectivity index (χ3v) is 3.72. The van der Waals surface area contributed by atoms with Crippen LogP contribution in [0, 0.1) is 0 Å². The lowest BCUT2D eigenvalue weighted by atomic mass is 9.88. The topological polar surface area (TPSA) is 21.3 Å². The van der Waals surface area contributed by atoms with Crippen molar-refractivity contribution in [3.8, 4) is 0 Å². The normalized spacial score (nSPS) is 24.6. The number of rotatable bonds is 6. The predicted molar refractivity (Wildman–Crippen MR) is 76.2 cm³/mol. The van der Waals surface area contributed by atoms with E-state index in [-0.39, 0.29) is 0 Å². The van der Waals surface area contributed by atoms with Gasteiger partial charge < -0.3 is 10.1 Å². The van der Waals surface area contributed by atoms with Crippen molar-refractivity contribution >= 4 is 11.6 Å². The summed E-state index contributed by atoms with van der Waals surface area (Å²) in [4.78, 5) is 0. The van der Waals surface area contributed by atoms with E-state index in [1.165, 1.54) is 5.56 Å². The summed E-state index contributed by atoms with van der Waals surface area (Å²) in [5.74, 6) is 0. The van der Waals surface area contributed by atoms with E-state index in [0.29, 0.717) is 18.2 Å². The highest BCUT2D eigenvalue weighted by Crippen LogP contribution is 2.24. The summed E-state index contributed by atoms with van der Waals surface area (Å²) < 4.78 is 5.57. The number of nitrogens with one attached hydrogen (secondary N) is 1. The van der Waals surface area contributed by atoms with Crippen molar-refractivity contribution in [2.75, 3.05) is 6.61 Å². The highest BCUT2D eigenvalue weighted by molar-refractivity contribution is 6.30. The molecule has 0 heterocycles. The van der Waals surface area contributed by atoms with Gasteiger partial charge in [0.2, 0.25) is 0 Å². The zero-order chi connectivity index (χ0) is 13.0. The van der Waals surface area contributed by atoms with E-state index in [9.17, 15) is 0 Å². The predicted octanol–water partition coefficient (Wildman–Crippen LogP) is 3.43. The molecule has 0 saturated heterocycles. The Kier molecular flexibility index (Phi) is 5.04. The van der Waals surface area contributed by atoms with Gasteiger partial charge in [-0.05, 0) is 50.8 Å². The SMILES string of the molecule is CCOC1CC(NC(C)Cc2ccc(Cl)cc2)C1. The summed E-state index contributed by atoms with van der Waals surface area (Å²) in [6.07, 6.45) is 3.83. The highest BCUT2D eigenvalue weighted by Gasteiger charge is 2.29. The number of halogens is 1. The first-order chi connectivity index (χ1) is 8.67. The van der Waals surface area contributed by atoms with Gasteiger partial charge in [0.05, 0.1) is 6.10 Å². The third-order valence-electron chi connectivity index (χ3n) is 3.47. The number of hydrogen-bond acceptors (Lipinski definition) is 2. The van der Waals surface area contributed by atoms with Crippen LogP contribution in [0.3, 0.4) is 0 Å². The van der Waals surface area contributed by atoms with Gasteiger partial charge in [-0.1, -0.05) is 23.7 Å².